The molecule has 0 bridgehead atoms. The molecule has 4 N–H and O–H groups in total. The largest absolute Gasteiger partial charge is 0.366 e. The normalized spacial score (nSPS) is 18.4. The molecule has 7 heteroatoms. The molecule has 1 atom stereocenters. The summed E-state index contributed by atoms with van der Waals surface area (Å²) in [6, 6.07) is 10.6. The summed E-state index contributed by atoms with van der Waals surface area (Å²) < 4.78 is 14.2. The van der Waals surface area contributed by atoms with Crippen LogP contribution in [0.25, 0.3) is 22.0 Å². The van der Waals surface area contributed by atoms with Crippen molar-refractivity contribution in [3.8, 4) is 11.1 Å². The third-order valence-electron chi connectivity index (χ3n) is 6.69. The Balaban J connectivity index is 1.54. The van der Waals surface area contributed by atoms with E-state index in [2.05, 4.69) is 38.9 Å². The first-order valence-corrected chi connectivity index (χ1v) is 12.2. The second-order valence-electron chi connectivity index (χ2n) is 8.46. The molecule has 1 aromatic heterocycles. The molecule has 1 amide bonds. The summed E-state index contributed by atoms with van der Waals surface area (Å²) in [5.74, 6) is 0.620. The van der Waals surface area contributed by atoms with E-state index in [-0.39, 0.29) is 0 Å². The highest BCUT2D eigenvalue weighted by molar-refractivity contribution is 7.82. The van der Waals surface area contributed by atoms with Crippen LogP contribution in [-0.2, 0) is 24.1 Å². The highest BCUT2D eigenvalue weighted by Crippen LogP contribution is 2.37. The van der Waals surface area contributed by atoms with Crippen molar-refractivity contribution in [1.82, 2.24) is 14.6 Å². The lowest BCUT2D eigenvalue weighted by atomic mass is 9.88. The molecule has 162 valence electrons. The van der Waals surface area contributed by atoms with Gasteiger partial charge in [0, 0.05) is 43.5 Å². The van der Waals surface area contributed by atoms with Gasteiger partial charge in [0.05, 0.1) is 22.1 Å². The van der Waals surface area contributed by atoms with Crippen LogP contribution in [0.2, 0.25) is 0 Å². The molecule has 0 spiro atoms. The van der Waals surface area contributed by atoms with E-state index in [1.807, 2.05) is 19.2 Å². The number of hydrogen-bond donors (Lipinski definition) is 3. The number of hydrogen-bond acceptors (Lipinski definition) is 3. The number of fused-ring (bicyclic) bond motifs is 2. The summed E-state index contributed by atoms with van der Waals surface area (Å²) in [4.78, 5) is 15.6. The first-order valence-electron chi connectivity index (χ1n) is 11.0. The van der Waals surface area contributed by atoms with Crippen LogP contribution in [-0.4, -0.2) is 38.2 Å². The number of nitrogens with zero attached hydrogens (tertiary/aromatic N) is 1. The molecular formula is C24H28N4O2S. The number of benzene rings is 2. The minimum absolute atomic E-state index is 0.374. The SMILES string of the molecule is CCS(=O)N1CCC(c2c[nH]c3c(C(N)=O)cc(-c4ccc5c(c4)CNC5)cc23)CC1. The van der Waals surface area contributed by atoms with Crippen LogP contribution in [0, 0.1) is 0 Å². The van der Waals surface area contributed by atoms with Gasteiger partial charge in [-0.1, -0.05) is 19.1 Å². The Kier molecular flexibility index (Phi) is 5.42. The summed E-state index contributed by atoms with van der Waals surface area (Å²) in [5.41, 5.74) is 13.1. The van der Waals surface area contributed by atoms with Crippen molar-refractivity contribution >= 4 is 27.8 Å². The molecule has 0 aliphatic carbocycles. The molecule has 2 aromatic carbocycles. The third-order valence-corrected chi connectivity index (χ3v) is 8.12. The monoisotopic (exact) mass is 436 g/mol. The molecule has 31 heavy (non-hydrogen) atoms. The first-order chi connectivity index (χ1) is 15.0. The van der Waals surface area contributed by atoms with Crippen LogP contribution in [0.5, 0.6) is 0 Å². The van der Waals surface area contributed by atoms with Gasteiger partial charge in [-0.15, -0.1) is 0 Å². The number of rotatable bonds is 5. The van der Waals surface area contributed by atoms with E-state index < -0.39 is 16.9 Å². The van der Waals surface area contributed by atoms with Crippen LogP contribution in [0.3, 0.4) is 0 Å². The van der Waals surface area contributed by atoms with Gasteiger partial charge in [0.2, 0.25) is 0 Å². The van der Waals surface area contributed by atoms with Gasteiger partial charge in [0.15, 0.2) is 0 Å². The van der Waals surface area contributed by atoms with E-state index in [4.69, 9.17) is 5.73 Å². The molecule has 5 rings (SSSR count). The molecular weight excluding hydrogens is 408 g/mol. The first kappa shape index (κ1) is 20.4. The van der Waals surface area contributed by atoms with Crippen molar-refractivity contribution in [3.05, 3.63) is 58.8 Å². The number of primary amides is 1. The highest BCUT2D eigenvalue weighted by atomic mass is 32.2. The van der Waals surface area contributed by atoms with Crippen LogP contribution in [0.4, 0.5) is 0 Å². The van der Waals surface area contributed by atoms with Gasteiger partial charge >= 0.3 is 0 Å². The lowest BCUT2D eigenvalue weighted by molar-refractivity contribution is 0.100. The van der Waals surface area contributed by atoms with E-state index >= 15 is 0 Å². The van der Waals surface area contributed by atoms with Crippen molar-refractivity contribution in [1.29, 1.82) is 0 Å². The number of H-pyrrole nitrogens is 1. The Bertz CT molecular complexity index is 1180. The fourth-order valence-corrected chi connectivity index (χ4v) is 5.96. The topological polar surface area (TPSA) is 91.2 Å². The van der Waals surface area contributed by atoms with E-state index in [1.165, 1.54) is 16.7 Å². The Morgan fingerprint density at radius 2 is 1.90 bits per heavy atom. The van der Waals surface area contributed by atoms with Crippen LogP contribution in [0.1, 0.15) is 52.7 Å². The fourth-order valence-electron chi connectivity index (χ4n) is 4.98. The lowest BCUT2D eigenvalue weighted by Crippen LogP contribution is -2.35. The minimum Gasteiger partial charge on any atom is -0.366 e. The molecule has 1 saturated heterocycles. The summed E-state index contributed by atoms with van der Waals surface area (Å²) in [6.45, 7) is 5.41. The maximum atomic E-state index is 12.3. The third kappa shape index (κ3) is 3.71. The van der Waals surface area contributed by atoms with Gasteiger partial charge in [-0.3, -0.25) is 4.79 Å². The van der Waals surface area contributed by atoms with Crippen molar-refractivity contribution in [3.63, 3.8) is 0 Å². The molecule has 6 nitrogen and oxygen atoms in total. The van der Waals surface area contributed by atoms with E-state index in [1.54, 1.807) is 0 Å². The number of aromatic amines is 1. The predicted octanol–water partition coefficient (Wildman–Crippen LogP) is 3.40. The number of aromatic nitrogens is 1. The molecule has 3 aromatic rings. The molecule has 1 unspecified atom stereocenters. The van der Waals surface area contributed by atoms with Crippen molar-refractivity contribution < 1.29 is 9.00 Å². The Labute approximate surface area is 184 Å². The fraction of sp³-hybridized carbons (Fsp3) is 0.375. The van der Waals surface area contributed by atoms with Gasteiger partial charge in [0.1, 0.15) is 0 Å². The Morgan fingerprint density at radius 1 is 1.13 bits per heavy atom. The van der Waals surface area contributed by atoms with Crippen molar-refractivity contribution in [2.45, 2.75) is 38.8 Å². The molecule has 2 aliphatic rings. The second-order valence-corrected chi connectivity index (χ2v) is 10.2. The molecule has 3 heterocycles. The summed E-state index contributed by atoms with van der Waals surface area (Å²) >= 11 is 0. The zero-order chi connectivity index (χ0) is 21.5. The Morgan fingerprint density at radius 3 is 2.65 bits per heavy atom. The number of piperidine rings is 1. The van der Waals surface area contributed by atoms with Gasteiger partial charge < -0.3 is 16.0 Å². The van der Waals surface area contributed by atoms with Gasteiger partial charge in [-0.25, -0.2) is 8.51 Å². The highest BCUT2D eigenvalue weighted by Gasteiger charge is 2.26. The van der Waals surface area contributed by atoms with E-state index in [0.29, 0.717) is 17.2 Å². The lowest BCUT2D eigenvalue weighted by Gasteiger charge is -2.30. The summed E-state index contributed by atoms with van der Waals surface area (Å²) in [6.07, 6.45) is 3.95. The van der Waals surface area contributed by atoms with Crippen molar-refractivity contribution in [2.24, 2.45) is 5.73 Å². The van der Waals surface area contributed by atoms with Crippen molar-refractivity contribution in [2.75, 3.05) is 18.8 Å². The maximum absolute atomic E-state index is 12.3. The van der Waals surface area contributed by atoms with Crippen LogP contribution < -0.4 is 11.1 Å². The average molecular weight is 437 g/mol. The number of nitrogens with one attached hydrogen (secondary N) is 2. The summed E-state index contributed by atoms with van der Waals surface area (Å²) in [7, 11) is -0.882. The quantitative estimate of drug-likeness (QED) is 0.572. The number of amides is 1. The molecule has 1 fully saturated rings. The predicted molar refractivity (Wildman–Crippen MR) is 125 cm³/mol. The smallest absolute Gasteiger partial charge is 0.250 e. The molecule has 0 saturated carbocycles. The maximum Gasteiger partial charge on any atom is 0.250 e. The van der Waals surface area contributed by atoms with E-state index in [0.717, 1.165) is 61.1 Å². The van der Waals surface area contributed by atoms with Gasteiger partial charge in [-0.2, -0.15) is 0 Å². The van der Waals surface area contributed by atoms with Gasteiger partial charge in [0.25, 0.3) is 5.91 Å². The van der Waals surface area contributed by atoms with E-state index in [9.17, 15) is 9.00 Å². The standard InChI is InChI=1S/C24H28N4O2S/c1-2-31(30)28-7-5-15(6-8-28)22-14-27-23-20(22)10-18(11-21(23)24(25)29)16-3-4-17-12-26-13-19(17)9-16/h3-4,9-11,14-15,26-27H,2,5-8,12-13H2,1H3,(H2,25,29). The second kappa shape index (κ2) is 8.22. The molecule has 2 aliphatic heterocycles. The van der Waals surface area contributed by atoms with Crippen LogP contribution >= 0.6 is 0 Å². The van der Waals surface area contributed by atoms with Gasteiger partial charge in [-0.05, 0) is 64.8 Å². The number of carbonyl (C=O) groups is 1. The minimum atomic E-state index is -0.882. The zero-order valence-corrected chi connectivity index (χ0v) is 18.6. The number of nitrogens with two attached hydrogens (primary N) is 1. The average Bonchev–Trinajstić information content (AvgIpc) is 3.44. The zero-order valence-electron chi connectivity index (χ0n) is 17.7. The molecule has 0 radical (unpaired) electrons. The number of carbonyl (C=O) groups excluding carboxylic acids is 1. The summed E-state index contributed by atoms with van der Waals surface area (Å²) in [5, 5.41) is 4.45. The van der Waals surface area contributed by atoms with Crippen LogP contribution in [0.15, 0.2) is 36.5 Å². The Hall–Kier alpha value is -2.48.